The minimum Gasteiger partial charge on any atom is -0.329 e. The minimum atomic E-state index is -0.315. The number of rotatable bonds is 6. The maximum Gasteiger partial charge on any atom is 0.258 e. The van der Waals surface area contributed by atoms with Crippen molar-refractivity contribution in [3.8, 4) is 0 Å². The third-order valence-electron chi connectivity index (χ3n) is 5.44. The van der Waals surface area contributed by atoms with E-state index >= 15 is 0 Å². The second-order valence-corrected chi connectivity index (χ2v) is 8.18. The number of hydrogen-bond donors (Lipinski definition) is 1. The quantitative estimate of drug-likeness (QED) is 0.392. The molecule has 1 amide bonds. The molecule has 5 aromatic rings. The fourth-order valence-electron chi connectivity index (χ4n) is 3.66. The summed E-state index contributed by atoms with van der Waals surface area (Å²) < 4.78 is 3.82. The molecule has 0 aliphatic heterocycles. The maximum absolute atomic E-state index is 12.8. The molecule has 2 aromatic carbocycles. The molecule has 0 fully saturated rings. The van der Waals surface area contributed by atoms with Crippen LogP contribution in [0.15, 0.2) is 79.4 Å². The van der Waals surface area contributed by atoms with Crippen molar-refractivity contribution in [2.45, 2.75) is 20.0 Å². The number of amides is 1. The Bertz CT molecular complexity index is 1420. The maximum atomic E-state index is 12.8. The summed E-state index contributed by atoms with van der Waals surface area (Å²) in [6, 6.07) is 17.8. The first kappa shape index (κ1) is 20.9. The molecule has 164 valence electrons. The van der Waals surface area contributed by atoms with Crippen molar-refractivity contribution in [3.05, 3.63) is 107 Å². The zero-order valence-electron chi connectivity index (χ0n) is 17.9. The van der Waals surface area contributed by atoms with Gasteiger partial charge in [-0.15, -0.1) is 0 Å². The summed E-state index contributed by atoms with van der Waals surface area (Å²) in [7, 11) is 0. The number of benzene rings is 2. The molecular weight excluding hydrogens is 436 g/mol. The van der Waals surface area contributed by atoms with Gasteiger partial charge < -0.3 is 9.88 Å². The molecule has 0 bridgehead atoms. The molecule has 0 aliphatic carbocycles. The van der Waals surface area contributed by atoms with Gasteiger partial charge in [0.25, 0.3) is 5.91 Å². The molecule has 1 N–H and O–H groups in total. The highest BCUT2D eigenvalue weighted by atomic mass is 35.5. The number of nitrogens with zero attached hydrogens (tertiary/aromatic N) is 5. The van der Waals surface area contributed by atoms with E-state index in [9.17, 15) is 4.79 Å². The van der Waals surface area contributed by atoms with Gasteiger partial charge in [-0.2, -0.15) is 5.10 Å². The van der Waals surface area contributed by atoms with Crippen molar-refractivity contribution in [1.29, 1.82) is 0 Å². The van der Waals surface area contributed by atoms with E-state index in [4.69, 9.17) is 11.6 Å². The van der Waals surface area contributed by atoms with Crippen molar-refractivity contribution in [2.24, 2.45) is 0 Å². The summed E-state index contributed by atoms with van der Waals surface area (Å²) in [5, 5.41) is 8.26. The molecule has 0 saturated carbocycles. The van der Waals surface area contributed by atoms with E-state index in [2.05, 4.69) is 37.1 Å². The molecule has 0 saturated heterocycles. The first-order valence-corrected chi connectivity index (χ1v) is 10.9. The number of anilines is 1. The number of carbonyl (C=O) groups is 1. The van der Waals surface area contributed by atoms with Crippen LogP contribution in [0.4, 0.5) is 5.69 Å². The molecular formula is C25H21ClN6O. The Hall–Kier alpha value is -3.97. The number of carbonyl (C=O) groups excluding carboxylic acids is 1. The van der Waals surface area contributed by atoms with Crippen LogP contribution in [0.3, 0.4) is 0 Å². The van der Waals surface area contributed by atoms with E-state index in [0.717, 1.165) is 11.4 Å². The molecule has 5 rings (SSSR count). The number of fused-ring (bicyclic) bond motifs is 1. The second-order valence-electron chi connectivity index (χ2n) is 7.80. The largest absolute Gasteiger partial charge is 0.329 e. The van der Waals surface area contributed by atoms with Crippen LogP contribution < -0.4 is 5.32 Å². The van der Waals surface area contributed by atoms with Crippen LogP contribution in [-0.4, -0.2) is 30.2 Å². The summed E-state index contributed by atoms with van der Waals surface area (Å²) in [5.74, 6) is 0.535. The van der Waals surface area contributed by atoms with Crippen LogP contribution in [0.5, 0.6) is 0 Å². The summed E-state index contributed by atoms with van der Waals surface area (Å²) in [6.07, 6.45) is 6.85. The lowest BCUT2D eigenvalue weighted by atomic mass is 10.2. The van der Waals surface area contributed by atoms with Crippen molar-refractivity contribution < 1.29 is 4.79 Å². The Labute approximate surface area is 195 Å². The lowest BCUT2D eigenvalue weighted by molar-refractivity contribution is 0.102. The van der Waals surface area contributed by atoms with Gasteiger partial charge in [0, 0.05) is 30.8 Å². The number of imidazole rings is 1. The van der Waals surface area contributed by atoms with Crippen LogP contribution in [0.1, 0.15) is 27.3 Å². The predicted molar refractivity (Wildman–Crippen MR) is 129 cm³/mol. The molecule has 0 unspecified atom stereocenters. The molecule has 0 aliphatic rings. The standard InChI is InChI=1S/C25H21ClN6O/c1-17-7-9-19(10-8-17)30-25(33)21-13-28-24-20(23(21)26)14-29-32(24)16-22-27-11-12-31(22)15-18-5-3-2-4-6-18/h2-14H,15-16H2,1H3,(H,30,33). The Morgan fingerprint density at radius 1 is 1.00 bits per heavy atom. The van der Waals surface area contributed by atoms with E-state index in [1.54, 1.807) is 17.1 Å². The Morgan fingerprint density at radius 3 is 2.58 bits per heavy atom. The predicted octanol–water partition coefficient (Wildman–Crippen LogP) is 4.94. The van der Waals surface area contributed by atoms with Crippen LogP contribution in [0.2, 0.25) is 5.02 Å². The van der Waals surface area contributed by atoms with Crippen LogP contribution in [0, 0.1) is 6.92 Å². The second kappa shape index (κ2) is 8.88. The van der Waals surface area contributed by atoms with Gasteiger partial charge in [-0.25, -0.2) is 14.6 Å². The fourth-order valence-corrected chi connectivity index (χ4v) is 3.92. The Balaban J connectivity index is 1.38. The first-order chi connectivity index (χ1) is 16.1. The van der Waals surface area contributed by atoms with Gasteiger partial charge in [0.1, 0.15) is 12.4 Å². The van der Waals surface area contributed by atoms with Gasteiger partial charge in [0.05, 0.1) is 22.2 Å². The summed E-state index contributed by atoms with van der Waals surface area (Å²) in [5.41, 5.74) is 3.90. The average molecular weight is 457 g/mol. The van der Waals surface area contributed by atoms with Crippen molar-refractivity contribution in [2.75, 3.05) is 5.32 Å². The zero-order chi connectivity index (χ0) is 22.8. The number of hydrogen-bond acceptors (Lipinski definition) is 4. The SMILES string of the molecule is Cc1ccc(NC(=O)c2cnc3c(cnn3Cc3nccn3Cc3ccccc3)c2Cl)cc1. The molecule has 0 spiro atoms. The average Bonchev–Trinajstić information content (AvgIpc) is 3.44. The first-order valence-electron chi connectivity index (χ1n) is 10.5. The summed E-state index contributed by atoms with van der Waals surface area (Å²) >= 11 is 6.59. The molecule has 3 aromatic heterocycles. The minimum absolute atomic E-state index is 0.301. The Kier molecular flexibility index (Phi) is 5.62. The van der Waals surface area contributed by atoms with E-state index in [0.29, 0.717) is 40.4 Å². The van der Waals surface area contributed by atoms with Gasteiger partial charge in [-0.3, -0.25) is 4.79 Å². The molecule has 33 heavy (non-hydrogen) atoms. The highest BCUT2D eigenvalue weighted by Crippen LogP contribution is 2.26. The number of pyridine rings is 1. The van der Waals surface area contributed by atoms with Crippen LogP contribution in [-0.2, 0) is 13.1 Å². The van der Waals surface area contributed by atoms with E-state index < -0.39 is 0 Å². The van der Waals surface area contributed by atoms with Gasteiger partial charge in [0.15, 0.2) is 5.65 Å². The summed E-state index contributed by atoms with van der Waals surface area (Å²) in [6.45, 7) is 3.14. The van der Waals surface area contributed by atoms with Crippen molar-refractivity contribution in [3.63, 3.8) is 0 Å². The lowest BCUT2D eigenvalue weighted by Crippen LogP contribution is -2.13. The smallest absolute Gasteiger partial charge is 0.258 e. The van der Waals surface area contributed by atoms with Crippen LogP contribution in [0.25, 0.3) is 11.0 Å². The number of nitrogens with one attached hydrogen (secondary N) is 1. The number of aryl methyl sites for hydroxylation is 1. The zero-order valence-corrected chi connectivity index (χ0v) is 18.7. The van der Waals surface area contributed by atoms with Gasteiger partial charge in [-0.1, -0.05) is 59.6 Å². The lowest BCUT2D eigenvalue weighted by Gasteiger charge is -2.10. The van der Waals surface area contributed by atoms with E-state index in [1.807, 2.05) is 55.6 Å². The highest BCUT2D eigenvalue weighted by Gasteiger charge is 2.18. The molecule has 7 nitrogen and oxygen atoms in total. The molecule has 3 heterocycles. The Morgan fingerprint density at radius 2 is 1.79 bits per heavy atom. The van der Waals surface area contributed by atoms with Gasteiger partial charge in [0.2, 0.25) is 0 Å². The topological polar surface area (TPSA) is 77.6 Å². The monoisotopic (exact) mass is 456 g/mol. The van der Waals surface area contributed by atoms with Crippen molar-refractivity contribution in [1.82, 2.24) is 24.3 Å². The van der Waals surface area contributed by atoms with Gasteiger partial charge in [-0.05, 0) is 24.6 Å². The van der Waals surface area contributed by atoms with E-state index in [-0.39, 0.29) is 5.91 Å². The third kappa shape index (κ3) is 4.36. The number of aromatic nitrogens is 5. The fraction of sp³-hybridized carbons (Fsp3) is 0.120. The van der Waals surface area contributed by atoms with Crippen molar-refractivity contribution >= 4 is 34.2 Å². The molecule has 0 radical (unpaired) electrons. The highest BCUT2D eigenvalue weighted by molar-refractivity contribution is 6.38. The molecule has 0 atom stereocenters. The number of halogens is 1. The third-order valence-corrected chi connectivity index (χ3v) is 5.85. The summed E-state index contributed by atoms with van der Waals surface area (Å²) in [4.78, 5) is 21.8. The van der Waals surface area contributed by atoms with Gasteiger partial charge >= 0.3 is 0 Å². The molecule has 8 heteroatoms. The van der Waals surface area contributed by atoms with E-state index in [1.165, 1.54) is 11.8 Å². The van der Waals surface area contributed by atoms with Crippen LogP contribution >= 0.6 is 11.6 Å². The normalized spacial score (nSPS) is 11.1.